The summed E-state index contributed by atoms with van der Waals surface area (Å²) in [7, 11) is 0. The molecule has 200 valence electrons. The molecular formula is C30H26F3N3O2S. The van der Waals surface area contributed by atoms with Gasteiger partial charge < -0.3 is 5.32 Å². The number of thioether (sulfide) groups is 1. The number of halogens is 3. The Balaban J connectivity index is 1.73. The minimum atomic E-state index is -4.51. The monoisotopic (exact) mass is 549 g/mol. The maximum atomic E-state index is 13.7. The summed E-state index contributed by atoms with van der Waals surface area (Å²) in [5.74, 6) is -0.844. The molecule has 1 unspecified atom stereocenters. The highest BCUT2D eigenvalue weighted by atomic mass is 32.2. The molecule has 1 N–H and O–H groups in total. The van der Waals surface area contributed by atoms with Gasteiger partial charge in [-0.3, -0.25) is 14.5 Å². The Kier molecular flexibility index (Phi) is 8.17. The second kappa shape index (κ2) is 11.4. The zero-order valence-electron chi connectivity index (χ0n) is 21.5. The Labute approximate surface area is 229 Å². The van der Waals surface area contributed by atoms with Gasteiger partial charge in [0.1, 0.15) is 16.7 Å². The third-order valence-corrected chi connectivity index (χ3v) is 7.54. The summed E-state index contributed by atoms with van der Waals surface area (Å²) >= 11 is 1.01. The van der Waals surface area contributed by atoms with Gasteiger partial charge in [-0.2, -0.15) is 18.4 Å². The molecule has 0 saturated carbocycles. The fraction of sp³-hybridized carbons (Fsp3) is 0.233. The lowest BCUT2D eigenvalue weighted by Crippen LogP contribution is -2.31. The summed E-state index contributed by atoms with van der Waals surface area (Å²) in [6.07, 6.45) is -4.52. The number of alkyl halides is 3. The molecule has 0 spiro atoms. The van der Waals surface area contributed by atoms with Crippen LogP contribution in [0.2, 0.25) is 0 Å². The number of benzene rings is 3. The van der Waals surface area contributed by atoms with Gasteiger partial charge >= 0.3 is 6.18 Å². The number of carbonyl (C=O) groups excluding carboxylic acids is 2. The van der Waals surface area contributed by atoms with Crippen molar-refractivity contribution < 1.29 is 22.8 Å². The molecule has 9 heteroatoms. The first-order valence-corrected chi connectivity index (χ1v) is 13.1. The number of aryl methyl sites for hydroxylation is 1. The summed E-state index contributed by atoms with van der Waals surface area (Å²) in [4.78, 5) is 28.2. The summed E-state index contributed by atoms with van der Waals surface area (Å²) < 4.78 is 39.8. The molecule has 39 heavy (non-hydrogen) atoms. The topological polar surface area (TPSA) is 73.2 Å². The van der Waals surface area contributed by atoms with Crippen LogP contribution in [0.4, 0.5) is 24.5 Å². The second-order valence-electron chi connectivity index (χ2n) is 9.54. The van der Waals surface area contributed by atoms with Crippen LogP contribution >= 0.6 is 11.8 Å². The first-order chi connectivity index (χ1) is 18.5. The Hall–Kier alpha value is -4.03. The number of carbonyl (C=O) groups is 2. The minimum absolute atomic E-state index is 0.00426. The van der Waals surface area contributed by atoms with Crippen molar-refractivity contribution >= 4 is 35.0 Å². The van der Waals surface area contributed by atoms with Crippen LogP contribution in [0.25, 0.3) is 0 Å². The maximum Gasteiger partial charge on any atom is 0.416 e. The molecular weight excluding hydrogens is 523 g/mol. The fourth-order valence-corrected chi connectivity index (χ4v) is 5.54. The Morgan fingerprint density at radius 1 is 1.08 bits per heavy atom. The van der Waals surface area contributed by atoms with Crippen LogP contribution < -0.4 is 10.2 Å². The van der Waals surface area contributed by atoms with Crippen molar-refractivity contribution in [1.82, 2.24) is 0 Å². The van der Waals surface area contributed by atoms with Crippen LogP contribution in [0.1, 0.15) is 42.0 Å². The van der Waals surface area contributed by atoms with Gasteiger partial charge in [0.05, 0.1) is 10.8 Å². The smallest absolute Gasteiger partial charge is 0.321 e. The van der Waals surface area contributed by atoms with Crippen LogP contribution in [0.5, 0.6) is 0 Å². The minimum Gasteiger partial charge on any atom is -0.321 e. The maximum absolute atomic E-state index is 13.7. The van der Waals surface area contributed by atoms with Gasteiger partial charge in [0.2, 0.25) is 5.91 Å². The average molecular weight is 550 g/mol. The number of nitriles is 1. The normalized spacial score (nSPS) is 16.8. The van der Waals surface area contributed by atoms with Crippen molar-refractivity contribution in [3.63, 3.8) is 0 Å². The molecule has 3 aromatic rings. The van der Waals surface area contributed by atoms with E-state index in [4.69, 9.17) is 0 Å². The molecule has 0 bridgehead atoms. The molecule has 1 aliphatic heterocycles. The van der Waals surface area contributed by atoms with E-state index in [1.807, 2.05) is 45.0 Å². The number of anilines is 2. The first-order valence-electron chi connectivity index (χ1n) is 12.3. The van der Waals surface area contributed by atoms with Gasteiger partial charge in [-0.05, 0) is 66.3 Å². The molecule has 1 aliphatic rings. The zero-order valence-corrected chi connectivity index (χ0v) is 22.4. The van der Waals surface area contributed by atoms with Gasteiger partial charge in [-0.25, -0.2) is 0 Å². The van der Waals surface area contributed by atoms with Gasteiger partial charge in [-0.1, -0.05) is 68.1 Å². The second-order valence-corrected chi connectivity index (χ2v) is 10.7. The lowest BCUT2D eigenvalue weighted by atomic mass is 10.0. The number of nitrogens with one attached hydrogen (secondary N) is 1. The number of hydrogen-bond donors (Lipinski definition) is 1. The lowest BCUT2D eigenvalue weighted by Gasteiger charge is -2.19. The van der Waals surface area contributed by atoms with E-state index >= 15 is 0 Å². The quantitative estimate of drug-likeness (QED) is 0.261. The van der Waals surface area contributed by atoms with Crippen molar-refractivity contribution in [3.05, 3.63) is 106 Å². The highest BCUT2D eigenvalue weighted by Crippen LogP contribution is 2.42. The third kappa shape index (κ3) is 6.35. The lowest BCUT2D eigenvalue weighted by molar-refractivity contribution is -0.137. The number of amides is 2. The summed E-state index contributed by atoms with van der Waals surface area (Å²) in [5, 5.41) is 12.0. The highest BCUT2D eigenvalue weighted by Gasteiger charge is 2.41. The molecule has 1 heterocycles. The van der Waals surface area contributed by atoms with E-state index in [2.05, 4.69) is 5.32 Å². The van der Waals surface area contributed by atoms with Gasteiger partial charge in [-0.15, -0.1) is 0 Å². The van der Waals surface area contributed by atoms with Crippen molar-refractivity contribution in [2.75, 3.05) is 10.2 Å². The Morgan fingerprint density at radius 2 is 1.77 bits per heavy atom. The van der Waals surface area contributed by atoms with Crippen molar-refractivity contribution in [1.29, 1.82) is 5.26 Å². The molecule has 0 radical (unpaired) electrons. The summed E-state index contributed by atoms with van der Waals surface area (Å²) in [6.45, 7) is 5.93. The highest BCUT2D eigenvalue weighted by molar-refractivity contribution is 8.05. The van der Waals surface area contributed by atoms with E-state index in [9.17, 15) is 28.0 Å². The largest absolute Gasteiger partial charge is 0.416 e. The number of hydrogen-bond acceptors (Lipinski definition) is 4. The SMILES string of the molecule is Cc1cccc(NC(=O)/C(C#N)=C2\SC(Cc3cccc(C(F)(F)F)c3)C(=O)N2c2ccc(C(C)C)cc2)c1. The predicted molar refractivity (Wildman–Crippen MR) is 147 cm³/mol. The van der Waals surface area contributed by atoms with E-state index in [1.54, 1.807) is 30.3 Å². The van der Waals surface area contributed by atoms with Gasteiger partial charge in [0.15, 0.2) is 0 Å². The van der Waals surface area contributed by atoms with E-state index in [-0.39, 0.29) is 22.9 Å². The van der Waals surface area contributed by atoms with E-state index in [0.717, 1.165) is 35.0 Å². The van der Waals surface area contributed by atoms with Gasteiger partial charge in [0, 0.05) is 11.4 Å². The van der Waals surface area contributed by atoms with Crippen LogP contribution in [-0.2, 0) is 22.2 Å². The van der Waals surface area contributed by atoms with E-state index in [0.29, 0.717) is 16.9 Å². The van der Waals surface area contributed by atoms with Crippen molar-refractivity contribution in [2.24, 2.45) is 0 Å². The molecule has 3 aromatic carbocycles. The standard InChI is InChI=1S/C30H26F3N3O2S/c1-18(2)21-10-12-24(13-11-21)36-28(38)26(16-20-7-5-8-22(15-20)30(31,32)33)39-29(36)25(17-34)27(37)35-23-9-4-6-19(3)14-23/h4-15,18,26H,16H2,1-3H3,(H,35,37)/b29-25-. The summed E-state index contributed by atoms with van der Waals surface area (Å²) in [6, 6.07) is 21.1. The Morgan fingerprint density at radius 3 is 2.38 bits per heavy atom. The van der Waals surface area contributed by atoms with Crippen molar-refractivity contribution in [2.45, 2.75) is 44.5 Å². The molecule has 5 nitrogen and oxygen atoms in total. The molecule has 4 rings (SSSR count). The van der Waals surface area contributed by atoms with Crippen LogP contribution in [0.3, 0.4) is 0 Å². The number of nitrogens with zero attached hydrogens (tertiary/aromatic N) is 2. The third-order valence-electron chi connectivity index (χ3n) is 6.27. The molecule has 1 fully saturated rings. The van der Waals surface area contributed by atoms with Crippen LogP contribution in [0, 0.1) is 18.3 Å². The number of rotatable bonds is 6. The first kappa shape index (κ1) is 28.0. The van der Waals surface area contributed by atoms with E-state index < -0.39 is 28.8 Å². The Bertz CT molecular complexity index is 1470. The van der Waals surface area contributed by atoms with Crippen molar-refractivity contribution in [3.8, 4) is 6.07 Å². The van der Waals surface area contributed by atoms with Crippen LogP contribution in [0.15, 0.2) is 83.4 Å². The molecule has 0 aliphatic carbocycles. The fourth-order valence-electron chi connectivity index (χ4n) is 4.24. The average Bonchev–Trinajstić information content (AvgIpc) is 3.19. The zero-order chi connectivity index (χ0) is 28.3. The molecule has 0 aromatic heterocycles. The summed E-state index contributed by atoms with van der Waals surface area (Å²) in [5.41, 5.74) is 2.19. The molecule has 1 saturated heterocycles. The van der Waals surface area contributed by atoms with Gasteiger partial charge in [0.25, 0.3) is 5.91 Å². The predicted octanol–water partition coefficient (Wildman–Crippen LogP) is 7.20. The van der Waals surface area contributed by atoms with E-state index in [1.165, 1.54) is 17.0 Å². The molecule has 2 amide bonds. The van der Waals surface area contributed by atoms with Crippen LogP contribution in [-0.4, -0.2) is 17.1 Å². The molecule has 1 atom stereocenters.